The molecule has 0 aliphatic heterocycles. The molecule has 0 aromatic heterocycles. The van der Waals surface area contributed by atoms with Crippen LogP contribution in [0.25, 0.3) is 0 Å². The summed E-state index contributed by atoms with van der Waals surface area (Å²) in [5, 5.41) is 11.0. The van der Waals surface area contributed by atoms with E-state index in [1.54, 1.807) is 12.1 Å². The molecule has 0 N–H and O–H groups in total. The second-order valence-electron chi connectivity index (χ2n) is 4.96. The summed E-state index contributed by atoms with van der Waals surface area (Å²) < 4.78 is 0. The Morgan fingerprint density at radius 2 is 2.11 bits per heavy atom. The molecule has 0 amide bonds. The van der Waals surface area contributed by atoms with Crippen LogP contribution < -0.4 is 0 Å². The fraction of sp³-hybridized carbons (Fsp3) is 0.538. The van der Waals surface area contributed by atoms with Crippen LogP contribution in [0.5, 0.6) is 0 Å². The van der Waals surface area contributed by atoms with Gasteiger partial charge in [-0.3, -0.25) is 10.1 Å². The van der Waals surface area contributed by atoms with Crippen LogP contribution in [-0.2, 0) is 6.54 Å². The quantitative estimate of drug-likeness (QED) is 0.584. The van der Waals surface area contributed by atoms with Crippen LogP contribution in [0.3, 0.4) is 0 Å². The van der Waals surface area contributed by atoms with Gasteiger partial charge in [-0.2, -0.15) is 0 Å². The van der Waals surface area contributed by atoms with Gasteiger partial charge in [0.05, 0.1) is 4.92 Å². The highest BCUT2D eigenvalue weighted by atomic mass is 35.5. The summed E-state index contributed by atoms with van der Waals surface area (Å²) in [5.74, 6) is 0.659. The number of hydrogen-bond acceptors (Lipinski definition) is 3. The fourth-order valence-electron chi connectivity index (χ4n) is 1.67. The Balaban J connectivity index is 2.67. The molecule has 0 aliphatic rings. The van der Waals surface area contributed by atoms with Crippen molar-refractivity contribution in [2.75, 3.05) is 13.6 Å². The lowest BCUT2D eigenvalue weighted by atomic mass is 10.1. The number of nitro benzene ring substituents is 1. The first-order chi connectivity index (χ1) is 8.40. The zero-order valence-corrected chi connectivity index (χ0v) is 11.8. The average molecular weight is 271 g/mol. The van der Waals surface area contributed by atoms with Gasteiger partial charge in [0.25, 0.3) is 5.69 Å². The zero-order valence-electron chi connectivity index (χ0n) is 11.0. The van der Waals surface area contributed by atoms with Crippen molar-refractivity contribution in [2.24, 2.45) is 5.92 Å². The second kappa shape index (κ2) is 6.71. The topological polar surface area (TPSA) is 46.4 Å². The second-order valence-corrected chi connectivity index (χ2v) is 5.37. The van der Waals surface area contributed by atoms with E-state index in [9.17, 15) is 10.1 Å². The molecule has 18 heavy (non-hydrogen) atoms. The number of nitro groups is 1. The Kier molecular flexibility index (Phi) is 5.56. The molecule has 0 bridgehead atoms. The van der Waals surface area contributed by atoms with Gasteiger partial charge in [-0.15, -0.1) is 0 Å². The van der Waals surface area contributed by atoms with Crippen LogP contribution in [0.2, 0.25) is 5.02 Å². The Labute approximate surface area is 113 Å². The van der Waals surface area contributed by atoms with Gasteiger partial charge in [0.2, 0.25) is 0 Å². The highest BCUT2D eigenvalue weighted by Gasteiger charge is 2.13. The number of halogens is 1. The number of hydrogen-bond donors (Lipinski definition) is 0. The molecule has 0 heterocycles. The molecular weight excluding hydrogens is 252 g/mol. The van der Waals surface area contributed by atoms with E-state index in [0.29, 0.717) is 12.5 Å². The molecule has 0 atom stereocenters. The molecule has 0 saturated heterocycles. The van der Waals surface area contributed by atoms with Gasteiger partial charge in [0, 0.05) is 12.6 Å². The van der Waals surface area contributed by atoms with E-state index in [1.807, 2.05) is 13.1 Å². The molecule has 1 aromatic carbocycles. The molecular formula is C13H19ClN2O2. The fourth-order valence-corrected chi connectivity index (χ4v) is 1.85. The van der Waals surface area contributed by atoms with Crippen LogP contribution in [0.4, 0.5) is 5.69 Å². The van der Waals surface area contributed by atoms with E-state index in [1.165, 1.54) is 0 Å². The first-order valence-corrected chi connectivity index (χ1v) is 6.39. The standard InChI is InChI=1S/C13H19ClN2O2/c1-10(2)6-7-15(3)9-11-4-5-12(14)13(8-11)16(17)18/h4-5,8,10H,6-7,9H2,1-3H3. The van der Waals surface area contributed by atoms with Crippen molar-refractivity contribution in [1.82, 2.24) is 4.90 Å². The summed E-state index contributed by atoms with van der Waals surface area (Å²) in [4.78, 5) is 12.5. The highest BCUT2D eigenvalue weighted by Crippen LogP contribution is 2.25. The van der Waals surface area contributed by atoms with Gasteiger partial charge < -0.3 is 4.90 Å². The van der Waals surface area contributed by atoms with Gasteiger partial charge in [0.1, 0.15) is 5.02 Å². The van der Waals surface area contributed by atoms with Crippen LogP contribution in [0.15, 0.2) is 18.2 Å². The molecule has 0 aliphatic carbocycles. The third kappa shape index (κ3) is 4.63. The van der Waals surface area contributed by atoms with E-state index < -0.39 is 4.92 Å². The third-order valence-electron chi connectivity index (χ3n) is 2.75. The van der Waals surface area contributed by atoms with Crippen molar-refractivity contribution in [3.63, 3.8) is 0 Å². The van der Waals surface area contributed by atoms with Crippen molar-refractivity contribution in [2.45, 2.75) is 26.8 Å². The molecule has 1 rings (SSSR count). The van der Waals surface area contributed by atoms with Crippen molar-refractivity contribution in [3.8, 4) is 0 Å². The Morgan fingerprint density at radius 1 is 1.44 bits per heavy atom. The molecule has 0 fully saturated rings. The van der Waals surface area contributed by atoms with Crippen LogP contribution in [0.1, 0.15) is 25.8 Å². The first kappa shape index (κ1) is 14.9. The van der Waals surface area contributed by atoms with Crippen molar-refractivity contribution in [3.05, 3.63) is 38.9 Å². The van der Waals surface area contributed by atoms with Gasteiger partial charge in [0.15, 0.2) is 0 Å². The summed E-state index contributed by atoms with van der Waals surface area (Å²) >= 11 is 5.78. The van der Waals surface area contributed by atoms with Crippen molar-refractivity contribution >= 4 is 17.3 Å². The summed E-state index contributed by atoms with van der Waals surface area (Å²) in [6.07, 6.45) is 1.12. The average Bonchev–Trinajstić information content (AvgIpc) is 2.28. The summed E-state index contributed by atoms with van der Waals surface area (Å²) in [7, 11) is 2.02. The predicted octanol–water partition coefficient (Wildman–Crippen LogP) is 3.73. The number of nitrogens with zero attached hydrogens (tertiary/aromatic N) is 2. The van der Waals surface area contributed by atoms with Gasteiger partial charge in [-0.1, -0.05) is 31.5 Å². The lowest BCUT2D eigenvalue weighted by molar-refractivity contribution is -0.384. The van der Waals surface area contributed by atoms with Crippen molar-refractivity contribution < 1.29 is 4.92 Å². The molecule has 0 spiro atoms. The Bertz CT molecular complexity index is 421. The van der Waals surface area contributed by atoms with E-state index >= 15 is 0 Å². The van der Waals surface area contributed by atoms with Gasteiger partial charge in [-0.25, -0.2) is 0 Å². The first-order valence-electron chi connectivity index (χ1n) is 6.01. The zero-order chi connectivity index (χ0) is 13.7. The maximum absolute atomic E-state index is 10.8. The SMILES string of the molecule is CC(C)CCN(C)Cc1ccc(Cl)c([N+](=O)[O-])c1. The van der Waals surface area contributed by atoms with Gasteiger partial charge >= 0.3 is 0 Å². The summed E-state index contributed by atoms with van der Waals surface area (Å²) in [6.45, 7) is 6.04. The molecule has 5 heteroatoms. The van der Waals surface area contributed by atoms with E-state index in [-0.39, 0.29) is 10.7 Å². The van der Waals surface area contributed by atoms with Crippen LogP contribution in [0, 0.1) is 16.0 Å². The third-order valence-corrected chi connectivity index (χ3v) is 3.07. The number of rotatable bonds is 6. The predicted molar refractivity (Wildman–Crippen MR) is 73.9 cm³/mol. The lowest BCUT2D eigenvalue weighted by Crippen LogP contribution is -2.20. The minimum absolute atomic E-state index is 0.0218. The minimum Gasteiger partial charge on any atom is -0.302 e. The highest BCUT2D eigenvalue weighted by molar-refractivity contribution is 6.32. The monoisotopic (exact) mass is 270 g/mol. The van der Waals surface area contributed by atoms with Gasteiger partial charge in [-0.05, 0) is 37.6 Å². The summed E-state index contributed by atoms with van der Waals surface area (Å²) in [6, 6.07) is 4.97. The van der Waals surface area contributed by atoms with E-state index in [0.717, 1.165) is 18.5 Å². The van der Waals surface area contributed by atoms with E-state index in [2.05, 4.69) is 18.7 Å². The maximum Gasteiger partial charge on any atom is 0.288 e. The normalized spacial score (nSPS) is 11.2. The largest absolute Gasteiger partial charge is 0.302 e. The molecule has 4 nitrogen and oxygen atoms in total. The smallest absolute Gasteiger partial charge is 0.288 e. The van der Waals surface area contributed by atoms with E-state index in [4.69, 9.17) is 11.6 Å². The maximum atomic E-state index is 10.8. The molecule has 0 unspecified atom stereocenters. The number of benzene rings is 1. The van der Waals surface area contributed by atoms with Crippen LogP contribution >= 0.6 is 11.6 Å². The Morgan fingerprint density at radius 3 is 2.67 bits per heavy atom. The van der Waals surface area contributed by atoms with Crippen LogP contribution in [-0.4, -0.2) is 23.4 Å². The molecule has 1 aromatic rings. The molecule has 0 radical (unpaired) electrons. The Hall–Kier alpha value is -1.13. The molecule has 0 saturated carbocycles. The summed E-state index contributed by atoms with van der Waals surface area (Å²) in [5.41, 5.74) is 0.892. The minimum atomic E-state index is -0.444. The van der Waals surface area contributed by atoms with Crippen molar-refractivity contribution in [1.29, 1.82) is 0 Å². The molecule has 100 valence electrons. The lowest BCUT2D eigenvalue weighted by Gasteiger charge is -2.17.